The SMILES string of the molecule is CC(C)(CCOC(C)(C)CCN=[N+]=[N-])N=[N+]=[N-]. The fourth-order valence-electron chi connectivity index (χ4n) is 1.18. The summed E-state index contributed by atoms with van der Waals surface area (Å²) in [7, 11) is 0. The minimum Gasteiger partial charge on any atom is -0.376 e. The Morgan fingerprint density at radius 2 is 1.71 bits per heavy atom. The van der Waals surface area contributed by atoms with E-state index in [1.807, 2.05) is 27.7 Å². The number of hydrogen-bond donors (Lipinski definition) is 0. The molecule has 7 heteroatoms. The highest BCUT2D eigenvalue weighted by atomic mass is 16.5. The molecule has 0 aromatic carbocycles. The fraction of sp³-hybridized carbons (Fsp3) is 1.00. The molecule has 0 saturated heterocycles. The van der Waals surface area contributed by atoms with E-state index >= 15 is 0 Å². The van der Waals surface area contributed by atoms with Crippen molar-refractivity contribution in [1.82, 2.24) is 0 Å². The Bertz CT molecular complexity index is 326. The molecule has 7 nitrogen and oxygen atoms in total. The van der Waals surface area contributed by atoms with E-state index in [4.69, 9.17) is 15.8 Å². The Labute approximate surface area is 101 Å². The van der Waals surface area contributed by atoms with Crippen molar-refractivity contribution >= 4 is 0 Å². The lowest BCUT2D eigenvalue weighted by Crippen LogP contribution is -2.28. The predicted molar refractivity (Wildman–Crippen MR) is 66.5 cm³/mol. The Kier molecular flexibility index (Phi) is 6.43. The number of nitrogens with zero attached hydrogens (tertiary/aromatic N) is 6. The highest BCUT2D eigenvalue weighted by Crippen LogP contribution is 2.19. The summed E-state index contributed by atoms with van der Waals surface area (Å²) in [6, 6.07) is 0. The van der Waals surface area contributed by atoms with Crippen molar-refractivity contribution in [1.29, 1.82) is 0 Å². The molecule has 0 aliphatic carbocycles. The smallest absolute Gasteiger partial charge is 0.0627 e. The summed E-state index contributed by atoms with van der Waals surface area (Å²) < 4.78 is 5.69. The Morgan fingerprint density at radius 3 is 2.24 bits per heavy atom. The molecule has 0 saturated carbocycles. The maximum Gasteiger partial charge on any atom is 0.0627 e. The third kappa shape index (κ3) is 8.39. The van der Waals surface area contributed by atoms with Crippen LogP contribution in [0.5, 0.6) is 0 Å². The van der Waals surface area contributed by atoms with Crippen LogP contribution in [0.3, 0.4) is 0 Å². The molecule has 0 radical (unpaired) electrons. The van der Waals surface area contributed by atoms with E-state index in [0.29, 0.717) is 26.0 Å². The number of hydrogen-bond acceptors (Lipinski definition) is 3. The molecule has 0 heterocycles. The van der Waals surface area contributed by atoms with Gasteiger partial charge in [-0.1, -0.05) is 24.1 Å². The van der Waals surface area contributed by atoms with Gasteiger partial charge in [-0.25, -0.2) is 0 Å². The van der Waals surface area contributed by atoms with E-state index in [-0.39, 0.29) is 5.60 Å². The van der Waals surface area contributed by atoms with E-state index in [1.54, 1.807) is 0 Å². The minimum absolute atomic E-state index is 0.333. The van der Waals surface area contributed by atoms with Crippen LogP contribution in [0.4, 0.5) is 0 Å². The van der Waals surface area contributed by atoms with Gasteiger partial charge < -0.3 is 4.74 Å². The third-order valence-electron chi connectivity index (χ3n) is 2.40. The molecule has 0 aromatic heterocycles. The monoisotopic (exact) mass is 240 g/mol. The first kappa shape index (κ1) is 15.6. The predicted octanol–water partition coefficient (Wildman–Crippen LogP) is 3.96. The van der Waals surface area contributed by atoms with Crippen molar-refractivity contribution in [2.24, 2.45) is 10.2 Å². The largest absolute Gasteiger partial charge is 0.376 e. The summed E-state index contributed by atoms with van der Waals surface area (Å²) in [4.78, 5) is 5.49. The van der Waals surface area contributed by atoms with E-state index < -0.39 is 5.54 Å². The molecule has 0 rings (SSSR count). The van der Waals surface area contributed by atoms with Crippen LogP contribution in [0.25, 0.3) is 20.9 Å². The van der Waals surface area contributed by atoms with Gasteiger partial charge in [0.1, 0.15) is 0 Å². The molecule has 0 N–H and O–H groups in total. The van der Waals surface area contributed by atoms with Crippen molar-refractivity contribution in [3.05, 3.63) is 20.9 Å². The topological polar surface area (TPSA) is 107 Å². The zero-order valence-corrected chi connectivity index (χ0v) is 10.9. The molecule has 0 amide bonds. The summed E-state index contributed by atoms with van der Waals surface area (Å²) in [6.45, 7) is 8.55. The molecule has 0 fully saturated rings. The minimum atomic E-state index is -0.435. The number of rotatable bonds is 8. The van der Waals surface area contributed by atoms with Gasteiger partial charge in [-0.05, 0) is 37.8 Å². The standard InChI is InChI=1S/C10H20N6O/c1-9(2,14-16-12)6-8-17-10(3,4)5-7-13-15-11/h5-8H2,1-4H3. The molecule has 0 aliphatic rings. The molecule has 0 unspecified atom stereocenters. The lowest BCUT2D eigenvalue weighted by Gasteiger charge is -2.27. The van der Waals surface area contributed by atoms with Gasteiger partial charge in [0.15, 0.2) is 0 Å². The lowest BCUT2D eigenvalue weighted by atomic mass is 10.0. The maximum absolute atomic E-state index is 8.38. The maximum atomic E-state index is 8.38. The van der Waals surface area contributed by atoms with Crippen LogP contribution in [-0.2, 0) is 4.74 Å². The second kappa shape index (κ2) is 7.01. The van der Waals surface area contributed by atoms with Crippen LogP contribution in [0.2, 0.25) is 0 Å². The molecule has 0 aromatic rings. The van der Waals surface area contributed by atoms with Crippen LogP contribution in [-0.4, -0.2) is 24.3 Å². The van der Waals surface area contributed by atoms with Crippen LogP contribution in [0, 0.1) is 0 Å². The van der Waals surface area contributed by atoms with Crippen molar-refractivity contribution in [3.63, 3.8) is 0 Å². The second-order valence-electron chi connectivity index (χ2n) is 5.06. The average Bonchev–Trinajstić information content (AvgIpc) is 2.16. The first-order chi connectivity index (χ1) is 7.83. The lowest BCUT2D eigenvalue weighted by molar-refractivity contribution is -0.0273. The first-order valence-corrected chi connectivity index (χ1v) is 5.54. The highest BCUT2D eigenvalue weighted by Gasteiger charge is 2.20. The van der Waals surface area contributed by atoms with Crippen LogP contribution < -0.4 is 0 Å². The molecule has 0 bridgehead atoms. The van der Waals surface area contributed by atoms with Gasteiger partial charge in [-0.2, -0.15) is 0 Å². The quantitative estimate of drug-likeness (QED) is 0.357. The van der Waals surface area contributed by atoms with Gasteiger partial charge in [0.2, 0.25) is 0 Å². The molecule has 0 atom stereocenters. The third-order valence-corrected chi connectivity index (χ3v) is 2.40. The molecule has 17 heavy (non-hydrogen) atoms. The molecule has 0 spiro atoms. The number of azide groups is 2. The van der Waals surface area contributed by atoms with Crippen molar-refractivity contribution < 1.29 is 4.74 Å². The Morgan fingerprint density at radius 1 is 1.06 bits per heavy atom. The van der Waals surface area contributed by atoms with Crippen LogP contribution in [0.1, 0.15) is 40.5 Å². The zero-order chi connectivity index (χ0) is 13.4. The first-order valence-electron chi connectivity index (χ1n) is 5.54. The van der Waals surface area contributed by atoms with Crippen molar-refractivity contribution in [2.45, 2.75) is 51.7 Å². The summed E-state index contributed by atoms with van der Waals surface area (Å²) in [5.74, 6) is 0. The van der Waals surface area contributed by atoms with Gasteiger partial charge in [0.25, 0.3) is 0 Å². The Hall–Kier alpha value is -1.42. The summed E-state index contributed by atoms with van der Waals surface area (Å²) in [5, 5.41) is 7.16. The highest BCUT2D eigenvalue weighted by molar-refractivity contribution is 4.78. The average molecular weight is 240 g/mol. The van der Waals surface area contributed by atoms with E-state index in [1.165, 1.54) is 0 Å². The van der Waals surface area contributed by atoms with Gasteiger partial charge in [-0.3, -0.25) is 0 Å². The molecule has 0 aliphatic heterocycles. The fourth-order valence-corrected chi connectivity index (χ4v) is 1.18. The normalized spacial score (nSPS) is 11.5. The van der Waals surface area contributed by atoms with E-state index in [9.17, 15) is 0 Å². The van der Waals surface area contributed by atoms with E-state index in [0.717, 1.165) is 0 Å². The van der Waals surface area contributed by atoms with Gasteiger partial charge in [0, 0.05) is 28.5 Å². The van der Waals surface area contributed by atoms with E-state index in [2.05, 4.69) is 20.1 Å². The Balaban J connectivity index is 4.01. The van der Waals surface area contributed by atoms with Crippen LogP contribution >= 0.6 is 0 Å². The second-order valence-corrected chi connectivity index (χ2v) is 5.06. The number of ether oxygens (including phenoxy) is 1. The molecular formula is C10H20N6O. The summed E-state index contributed by atoms with van der Waals surface area (Å²) >= 11 is 0. The van der Waals surface area contributed by atoms with Gasteiger partial charge >= 0.3 is 0 Å². The molecular weight excluding hydrogens is 220 g/mol. The van der Waals surface area contributed by atoms with Gasteiger partial charge in [-0.15, -0.1) is 0 Å². The van der Waals surface area contributed by atoms with Crippen LogP contribution in [0.15, 0.2) is 10.2 Å². The zero-order valence-electron chi connectivity index (χ0n) is 10.9. The summed E-state index contributed by atoms with van der Waals surface area (Å²) in [6.07, 6.45) is 1.32. The van der Waals surface area contributed by atoms with Gasteiger partial charge in [0.05, 0.1) is 5.60 Å². The van der Waals surface area contributed by atoms with Crippen molar-refractivity contribution in [3.8, 4) is 0 Å². The molecule has 96 valence electrons. The summed E-state index contributed by atoms with van der Waals surface area (Å²) in [5.41, 5.74) is 15.8. The van der Waals surface area contributed by atoms with Crippen molar-refractivity contribution in [2.75, 3.05) is 13.2 Å².